The summed E-state index contributed by atoms with van der Waals surface area (Å²) in [7, 11) is 0. The number of aliphatic hydroxyl groups excluding tert-OH is 1. The van der Waals surface area contributed by atoms with Crippen molar-refractivity contribution < 1.29 is 9.63 Å². The molecule has 1 saturated carbocycles. The Balaban J connectivity index is 1.68. The van der Waals surface area contributed by atoms with Crippen molar-refractivity contribution in [2.24, 2.45) is 0 Å². The summed E-state index contributed by atoms with van der Waals surface area (Å²) in [4.78, 5) is 6.78. The summed E-state index contributed by atoms with van der Waals surface area (Å²) < 4.78 is 5.28. The van der Waals surface area contributed by atoms with Gasteiger partial charge >= 0.3 is 0 Å². The molecule has 5 nitrogen and oxygen atoms in total. The Bertz CT molecular complexity index is 403. The minimum absolute atomic E-state index is 0.220. The Morgan fingerprint density at radius 1 is 1.33 bits per heavy atom. The molecule has 0 amide bonds. The van der Waals surface area contributed by atoms with E-state index < -0.39 is 0 Å². The fraction of sp³-hybridized carbons (Fsp3) is 0.846. The molecule has 1 aromatic heterocycles. The van der Waals surface area contributed by atoms with Gasteiger partial charge in [-0.3, -0.25) is 4.90 Å². The van der Waals surface area contributed by atoms with E-state index in [9.17, 15) is 5.11 Å². The average molecular weight is 251 g/mol. The van der Waals surface area contributed by atoms with Crippen LogP contribution >= 0.6 is 0 Å². The molecule has 2 aliphatic rings. The van der Waals surface area contributed by atoms with Crippen LogP contribution in [0.5, 0.6) is 0 Å². The van der Waals surface area contributed by atoms with Gasteiger partial charge in [0.05, 0.1) is 13.2 Å². The summed E-state index contributed by atoms with van der Waals surface area (Å²) in [6.07, 6.45) is 5.81. The van der Waals surface area contributed by atoms with Crippen LogP contribution in [0.25, 0.3) is 0 Å². The van der Waals surface area contributed by atoms with E-state index in [1.165, 1.54) is 25.7 Å². The van der Waals surface area contributed by atoms with Crippen LogP contribution in [-0.2, 0) is 6.54 Å². The van der Waals surface area contributed by atoms with E-state index >= 15 is 0 Å². The zero-order chi connectivity index (χ0) is 12.5. The predicted octanol–water partition coefficient (Wildman–Crippen LogP) is 1.68. The largest absolute Gasteiger partial charge is 0.395 e. The van der Waals surface area contributed by atoms with Crippen LogP contribution < -0.4 is 0 Å². The summed E-state index contributed by atoms with van der Waals surface area (Å²) in [6.45, 7) is 3.13. The number of likely N-dealkylation sites (tertiary alicyclic amines) is 1. The van der Waals surface area contributed by atoms with Gasteiger partial charge in [0.25, 0.3) is 0 Å². The Kier molecular flexibility index (Phi) is 3.35. The number of aromatic nitrogens is 2. The third kappa shape index (κ3) is 2.42. The maximum atomic E-state index is 9.45. The zero-order valence-electron chi connectivity index (χ0n) is 10.9. The quantitative estimate of drug-likeness (QED) is 0.882. The van der Waals surface area contributed by atoms with Gasteiger partial charge in [0.1, 0.15) is 0 Å². The van der Waals surface area contributed by atoms with Gasteiger partial charge in [0.15, 0.2) is 5.82 Å². The maximum absolute atomic E-state index is 9.45. The normalized spacial score (nSPS) is 29.7. The molecule has 1 N–H and O–H groups in total. The van der Waals surface area contributed by atoms with Crippen molar-refractivity contribution in [2.75, 3.05) is 6.61 Å². The van der Waals surface area contributed by atoms with Crippen LogP contribution in [0.15, 0.2) is 4.52 Å². The molecule has 2 heterocycles. The van der Waals surface area contributed by atoms with Crippen molar-refractivity contribution in [3.63, 3.8) is 0 Å². The molecular weight excluding hydrogens is 230 g/mol. The Hall–Kier alpha value is -0.940. The number of hydrogen-bond donors (Lipinski definition) is 1. The molecule has 18 heavy (non-hydrogen) atoms. The predicted molar refractivity (Wildman–Crippen MR) is 66.0 cm³/mol. The van der Waals surface area contributed by atoms with E-state index in [1.54, 1.807) is 0 Å². The second-order valence-corrected chi connectivity index (χ2v) is 5.61. The zero-order valence-corrected chi connectivity index (χ0v) is 10.9. The Labute approximate surface area is 107 Å². The molecule has 0 spiro atoms. The standard InChI is InChI=1S/C13H21N3O2/c1-9-3-2-4-11(8-17)16(9)7-12-14-13(18-15-12)10-5-6-10/h9-11,17H,2-8H2,1H3. The molecule has 0 bridgehead atoms. The summed E-state index contributed by atoms with van der Waals surface area (Å²) in [6, 6.07) is 0.732. The van der Waals surface area contributed by atoms with Gasteiger partial charge in [-0.05, 0) is 32.6 Å². The van der Waals surface area contributed by atoms with Gasteiger partial charge in [-0.15, -0.1) is 0 Å². The molecule has 100 valence electrons. The van der Waals surface area contributed by atoms with Crippen molar-refractivity contribution >= 4 is 0 Å². The van der Waals surface area contributed by atoms with Crippen molar-refractivity contribution in [1.82, 2.24) is 15.0 Å². The van der Waals surface area contributed by atoms with E-state index in [-0.39, 0.29) is 12.6 Å². The molecule has 0 radical (unpaired) electrons. The monoisotopic (exact) mass is 251 g/mol. The van der Waals surface area contributed by atoms with Crippen molar-refractivity contribution in [3.8, 4) is 0 Å². The third-order valence-electron chi connectivity index (χ3n) is 4.14. The van der Waals surface area contributed by atoms with Gasteiger partial charge in [-0.25, -0.2) is 0 Å². The first-order valence-corrected chi connectivity index (χ1v) is 6.97. The Morgan fingerprint density at radius 3 is 2.89 bits per heavy atom. The van der Waals surface area contributed by atoms with E-state index in [0.29, 0.717) is 18.5 Å². The second-order valence-electron chi connectivity index (χ2n) is 5.61. The summed E-state index contributed by atoms with van der Waals surface area (Å²) >= 11 is 0. The number of piperidine rings is 1. The molecule has 0 aromatic carbocycles. The minimum atomic E-state index is 0.220. The van der Waals surface area contributed by atoms with E-state index in [4.69, 9.17) is 4.52 Å². The van der Waals surface area contributed by atoms with Crippen molar-refractivity contribution in [3.05, 3.63) is 11.7 Å². The molecule has 3 rings (SSSR count). The topological polar surface area (TPSA) is 62.4 Å². The first-order valence-electron chi connectivity index (χ1n) is 6.97. The Morgan fingerprint density at radius 2 is 2.17 bits per heavy atom. The highest BCUT2D eigenvalue weighted by atomic mass is 16.5. The van der Waals surface area contributed by atoms with Crippen LogP contribution in [0.3, 0.4) is 0 Å². The first kappa shape index (κ1) is 12.1. The van der Waals surface area contributed by atoms with Gasteiger partial charge < -0.3 is 9.63 Å². The third-order valence-corrected chi connectivity index (χ3v) is 4.14. The minimum Gasteiger partial charge on any atom is -0.395 e. The second kappa shape index (κ2) is 4.97. The molecule has 1 aliphatic carbocycles. The highest BCUT2D eigenvalue weighted by molar-refractivity contribution is 5.02. The molecular formula is C13H21N3O2. The lowest BCUT2D eigenvalue weighted by Crippen LogP contribution is -2.46. The average Bonchev–Trinajstić information content (AvgIpc) is 3.12. The summed E-state index contributed by atoms with van der Waals surface area (Å²) in [5, 5.41) is 13.5. The van der Waals surface area contributed by atoms with Crippen molar-refractivity contribution in [1.29, 1.82) is 0 Å². The molecule has 2 fully saturated rings. The molecule has 1 aromatic rings. The lowest BCUT2D eigenvalue weighted by Gasteiger charge is -2.39. The lowest BCUT2D eigenvalue weighted by atomic mass is 9.97. The number of rotatable bonds is 4. The van der Waals surface area contributed by atoms with Crippen LogP contribution in [0.1, 0.15) is 56.7 Å². The van der Waals surface area contributed by atoms with Crippen LogP contribution in [0.4, 0.5) is 0 Å². The maximum Gasteiger partial charge on any atom is 0.229 e. The van der Waals surface area contributed by atoms with Crippen LogP contribution in [-0.4, -0.2) is 38.8 Å². The van der Waals surface area contributed by atoms with Crippen LogP contribution in [0.2, 0.25) is 0 Å². The van der Waals surface area contributed by atoms with Gasteiger partial charge in [0.2, 0.25) is 5.89 Å². The number of nitrogens with zero attached hydrogens (tertiary/aromatic N) is 3. The fourth-order valence-electron chi connectivity index (χ4n) is 2.81. The molecule has 5 heteroatoms. The number of aliphatic hydroxyl groups is 1. The lowest BCUT2D eigenvalue weighted by molar-refractivity contribution is 0.0425. The first-order chi connectivity index (χ1) is 8.78. The SMILES string of the molecule is CC1CCCC(CO)N1Cc1noc(C2CC2)n1. The smallest absolute Gasteiger partial charge is 0.229 e. The molecule has 2 unspecified atom stereocenters. The van der Waals surface area contributed by atoms with E-state index in [1.807, 2.05) is 0 Å². The van der Waals surface area contributed by atoms with Gasteiger partial charge in [-0.1, -0.05) is 11.6 Å². The highest BCUT2D eigenvalue weighted by Crippen LogP contribution is 2.39. The van der Waals surface area contributed by atoms with Crippen molar-refractivity contribution in [2.45, 2.75) is 63.6 Å². The molecule has 1 saturated heterocycles. The fourth-order valence-corrected chi connectivity index (χ4v) is 2.81. The highest BCUT2D eigenvalue weighted by Gasteiger charge is 2.32. The van der Waals surface area contributed by atoms with Gasteiger partial charge in [0, 0.05) is 18.0 Å². The van der Waals surface area contributed by atoms with E-state index in [2.05, 4.69) is 22.0 Å². The number of hydrogen-bond acceptors (Lipinski definition) is 5. The molecule has 2 atom stereocenters. The molecule has 1 aliphatic heterocycles. The summed E-state index contributed by atoms with van der Waals surface area (Å²) in [5.74, 6) is 2.08. The van der Waals surface area contributed by atoms with E-state index in [0.717, 1.165) is 18.1 Å². The van der Waals surface area contributed by atoms with Crippen LogP contribution in [0, 0.1) is 0 Å². The van der Waals surface area contributed by atoms with Gasteiger partial charge in [-0.2, -0.15) is 4.98 Å². The summed E-state index contributed by atoms with van der Waals surface area (Å²) in [5.41, 5.74) is 0.